The first-order valence-electron chi connectivity index (χ1n) is 8.45. The van der Waals surface area contributed by atoms with Gasteiger partial charge in [-0.3, -0.25) is 4.79 Å². The van der Waals surface area contributed by atoms with Crippen LogP contribution in [0.5, 0.6) is 0 Å². The predicted molar refractivity (Wildman–Crippen MR) is 97.0 cm³/mol. The number of aryl methyl sites for hydroxylation is 1. The Bertz CT molecular complexity index is 740. The molecule has 1 unspecified atom stereocenters. The molecule has 0 bridgehead atoms. The number of rotatable bonds is 5. The highest BCUT2D eigenvalue weighted by Gasteiger charge is 2.24. The molecular weight excluding hydrogens is 324 g/mol. The summed E-state index contributed by atoms with van der Waals surface area (Å²) in [7, 11) is 0. The normalized spacial score (nSPS) is 18.2. The summed E-state index contributed by atoms with van der Waals surface area (Å²) in [6.07, 6.45) is 3.46. The Balaban J connectivity index is 1.76. The minimum atomic E-state index is -0.0511. The van der Waals surface area contributed by atoms with Crippen LogP contribution in [0.1, 0.15) is 45.0 Å². The molecule has 3 rings (SSSR count). The highest BCUT2D eigenvalue weighted by atomic mass is 32.1. The largest absolute Gasteiger partial charge is 0.358 e. The number of nitrogens with zero attached hydrogens (tertiary/aromatic N) is 5. The minimum Gasteiger partial charge on any atom is -0.358 e. The molecule has 3 heterocycles. The van der Waals surface area contributed by atoms with Gasteiger partial charge in [-0.25, -0.2) is 9.67 Å². The fourth-order valence-corrected chi connectivity index (χ4v) is 3.61. The summed E-state index contributed by atoms with van der Waals surface area (Å²) in [6, 6.07) is 3.86. The molecule has 0 radical (unpaired) electrons. The molecule has 0 aliphatic carbocycles. The molecule has 0 aromatic carbocycles. The maximum atomic E-state index is 11.9. The lowest BCUT2D eigenvalue weighted by atomic mass is 10.0. The average Bonchev–Trinajstić information content (AvgIpc) is 2.99. The van der Waals surface area contributed by atoms with Gasteiger partial charge in [0.05, 0.1) is 6.04 Å². The van der Waals surface area contributed by atoms with Gasteiger partial charge in [0.25, 0.3) is 5.56 Å². The van der Waals surface area contributed by atoms with Gasteiger partial charge < -0.3 is 10.2 Å². The van der Waals surface area contributed by atoms with Crippen molar-refractivity contribution in [3.63, 3.8) is 0 Å². The topological polar surface area (TPSA) is 75.9 Å². The van der Waals surface area contributed by atoms with Gasteiger partial charge in [-0.05, 0) is 46.1 Å². The summed E-state index contributed by atoms with van der Waals surface area (Å²) in [5.41, 5.74) is -0.0511. The van der Waals surface area contributed by atoms with E-state index in [-0.39, 0.29) is 11.6 Å². The van der Waals surface area contributed by atoms with E-state index in [9.17, 15) is 4.79 Å². The fourth-order valence-electron chi connectivity index (χ4n) is 3.03. The second-order valence-corrected chi connectivity index (χ2v) is 7.19. The summed E-state index contributed by atoms with van der Waals surface area (Å²) in [6.45, 7) is 7.62. The van der Waals surface area contributed by atoms with Gasteiger partial charge >= 0.3 is 0 Å². The van der Waals surface area contributed by atoms with Crippen LogP contribution < -0.4 is 15.8 Å². The Morgan fingerprint density at radius 1 is 1.38 bits per heavy atom. The molecule has 130 valence electrons. The first-order valence-corrected chi connectivity index (χ1v) is 9.22. The summed E-state index contributed by atoms with van der Waals surface area (Å²) in [5, 5.41) is 8.83. The molecule has 0 saturated carbocycles. The van der Waals surface area contributed by atoms with Crippen molar-refractivity contribution < 1.29 is 0 Å². The Kier molecular flexibility index (Phi) is 5.13. The van der Waals surface area contributed by atoms with E-state index < -0.39 is 0 Å². The third kappa shape index (κ3) is 3.75. The first-order chi connectivity index (χ1) is 11.5. The molecule has 1 atom stereocenters. The summed E-state index contributed by atoms with van der Waals surface area (Å²) < 4.78 is 5.76. The Hall–Kier alpha value is -1.96. The molecule has 1 saturated heterocycles. The van der Waals surface area contributed by atoms with Crippen molar-refractivity contribution in [1.82, 2.24) is 19.1 Å². The van der Waals surface area contributed by atoms with E-state index in [0.717, 1.165) is 42.7 Å². The van der Waals surface area contributed by atoms with Crippen molar-refractivity contribution in [3.05, 3.63) is 28.3 Å². The van der Waals surface area contributed by atoms with Crippen LogP contribution in [0, 0.1) is 6.92 Å². The minimum absolute atomic E-state index is 0.0511. The zero-order chi connectivity index (χ0) is 17.1. The van der Waals surface area contributed by atoms with Crippen LogP contribution in [0.2, 0.25) is 0 Å². The second-order valence-electron chi connectivity index (χ2n) is 6.44. The van der Waals surface area contributed by atoms with E-state index >= 15 is 0 Å². The van der Waals surface area contributed by atoms with E-state index in [1.807, 2.05) is 26.8 Å². The molecule has 2 aromatic rings. The van der Waals surface area contributed by atoms with Crippen molar-refractivity contribution in [2.24, 2.45) is 0 Å². The van der Waals surface area contributed by atoms with E-state index in [1.54, 1.807) is 10.7 Å². The molecule has 7 nitrogen and oxygen atoms in total. The van der Waals surface area contributed by atoms with E-state index in [2.05, 4.69) is 24.7 Å². The lowest BCUT2D eigenvalue weighted by Crippen LogP contribution is -2.45. The number of hydrogen-bond donors (Lipinski definition) is 1. The van der Waals surface area contributed by atoms with Gasteiger partial charge in [0.1, 0.15) is 11.6 Å². The highest BCUT2D eigenvalue weighted by Crippen LogP contribution is 2.23. The first kappa shape index (κ1) is 16.9. The third-order valence-corrected chi connectivity index (χ3v) is 5.00. The van der Waals surface area contributed by atoms with Crippen molar-refractivity contribution in [2.45, 2.75) is 52.1 Å². The van der Waals surface area contributed by atoms with Crippen molar-refractivity contribution in [2.75, 3.05) is 23.3 Å². The Morgan fingerprint density at radius 3 is 2.92 bits per heavy atom. The second kappa shape index (κ2) is 7.29. The lowest BCUT2D eigenvalue weighted by Gasteiger charge is -2.36. The number of hydrogen-bond acceptors (Lipinski definition) is 7. The smallest absolute Gasteiger partial charge is 0.267 e. The monoisotopic (exact) mass is 348 g/mol. The molecular formula is C16H24N6OS. The van der Waals surface area contributed by atoms with Crippen LogP contribution in [0.4, 0.5) is 10.9 Å². The van der Waals surface area contributed by atoms with Gasteiger partial charge in [0.2, 0.25) is 5.13 Å². The summed E-state index contributed by atoms with van der Waals surface area (Å²) in [4.78, 5) is 18.6. The van der Waals surface area contributed by atoms with Crippen molar-refractivity contribution >= 4 is 22.5 Å². The van der Waals surface area contributed by atoms with Gasteiger partial charge in [-0.15, -0.1) is 0 Å². The molecule has 0 spiro atoms. The van der Waals surface area contributed by atoms with Crippen LogP contribution >= 0.6 is 11.5 Å². The molecule has 24 heavy (non-hydrogen) atoms. The molecule has 1 aliphatic rings. The quantitative estimate of drug-likeness (QED) is 0.894. The van der Waals surface area contributed by atoms with Crippen LogP contribution in [0.3, 0.4) is 0 Å². The van der Waals surface area contributed by atoms with E-state index in [1.165, 1.54) is 18.0 Å². The van der Waals surface area contributed by atoms with E-state index in [0.29, 0.717) is 6.04 Å². The van der Waals surface area contributed by atoms with Crippen LogP contribution in [-0.2, 0) is 0 Å². The maximum absolute atomic E-state index is 11.9. The zero-order valence-electron chi connectivity index (χ0n) is 14.4. The Labute approximate surface area is 145 Å². The standard InChI is InChI=1S/C16H24N6OS/c1-11(2)22-15(23)8-7-14(19-22)21-9-5-4-6-13(21)10-17-16-18-12(3)20-24-16/h7-8,11,13H,4-6,9-10H2,1-3H3,(H,17,18,20). The van der Waals surface area contributed by atoms with Crippen LogP contribution in [-0.4, -0.2) is 38.3 Å². The molecule has 1 fully saturated rings. The van der Waals surface area contributed by atoms with Crippen molar-refractivity contribution in [3.8, 4) is 0 Å². The number of nitrogens with one attached hydrogen (secondary N) is 1. The van der Waals surface area contributed by atoms with Gasteiger partial charge in [-0.1, -0.05) is 0 Å². The highest BCUT2D eigenvalue weighted by molar-refractivity contribution is 7.09. The molecule has 8 heteroatoms. The van der Waals surface area contributed by atoms with E-state index in [4.69, 9.17) is 0 Å². The van der Waals surface area contributed by atoms with Gasteiger partial charge in [0, 0.05) is 36.7 Å². The third-order valence-electron chi connectivity index (χ3n) is 4.24. The lowest BCUT2D eigenvalue weighted by molar-refractivity contribution is 0.451. The zero-order valence-corrected chi connectivity index (χ0v) is 15.2. The number of piperidine rings is 1. The maximum Gasteiger partial charge on any atom is 0.267 e. The van der Waals surface area contributed by atoms with Gasteiger partial charge in [-0.2, -0.15) is 9.47 Å². The number of aromatic nitrogens is 4. The molecule has 2 aromatic heterocycles. The van der Waals surface area contributed by atoms with Gasteiger partial charge in [0.15, 0.2) is 0 Å². The summed E-state index contributed by atoms with van der Waals surface area (Å²) in [5.74, 6) is 1.68. The Morgan fingerprint density at radius 2 is 2.21 bits per heavy atom. The van der Waals surface area contributed by atoms with Crippen LogP contribution in [0.25, 0.3) is 0 Å². The summed E-state index contributed by atoms with van der Waals surface area (Å²) >= 11 is 1.39. The molecule has 0 amide bonds. The average molecular weight is 348 g/mol. The number of anilines is 2. The van der Waals surface area contributed by atoms with Crippen molar-refractivity contribution in [1.29, 1.82) is 0 Å². The SMILES string of the molecule is Cc1nsc(NCC2CCCCN2c2ccc(=O)n(C(C)C)n2)n1. The molecule has 1 aliphatic heterocycles. The molecule has 1 N–H and O–H groups in total. The van der Waals surface area contributed by atoms with Crippen LogP contribution in [0.15, 0.2) is 16.9 Å². The predicted octanol–water partition coefficient (Wildman–Crippen LogP) is 2.46. The fraction of sp³-hybridized carbons (Fsp3) is 0.625.